The lowest BCUT2D eigenvalue weighted by molar-refractivity contribution is -0.129. The molecule has 1 unspecified atom stereocenters. The van der Waals surface area contributed by atoms with Gasteiger partial charge in [-0.2, -0.15) is 8.42 Å². The van der Waals surface area contributed by atoms with E-state index in [0.717, 1.165) is 22.9 Å². The van der Waals surface area contributed by atoms with Crippen molar-refractivity contribution in [2.45, 2.75) is 38.5 Å². The molecule has 0 radical (unpaired) electrons. The average Bonchev–Trinajstić information content (AvgIpc) is 3.11. The van der Waals surface area contributed by atoms with Crippen molar-refractivity contribution < 1.29 is 21.8 Å². The summed E-state index contributed by atoms with van der Waals surface area (Å²) < 4.78 is 42.1. The zero-order valence-corrected chi connectivity index (χ0v) is 19.5. The van der Waals surface area contributed by atoms with Gasteiger partial charge in [0.05, 0.1) is 19.3 Å². The number of nitrogens with zero attached hydrogens (tertiary/aromatic N) is 1. The van der Waals surface area contributed by atoms with Crippen molar-refractivity contribution >= 4 is 27.6 Å². The molecule has 1 aliphatic heterocycles. The van der Waals surface area contributed by atoms with E-state index >= 15 is 0 Å². The summed E-state index contributed by atoms with van der Waals surface area (Å²) in [5.74, 6) is -0.703. The maximum Gasteiger partial charge on any atom is 0.264 e. The number of aryl methyl sites for hydroxylation is 2. The number of carbonyl (C=O) groups excluding carboxylic acids is 1. The summed E-state index contributed by atoms with van der Waals surface area (Å²) in [6, 6.07) is 10.5. The molecular weight excluding hydrogens is 441 g/mol. The third-order valence-corrected chi connectivity index (χ3v) is 6.89. The lowest BCUT2D eigenvalue weighted by atomic mass is 9.74. The van der Waals surface area contributed by atoms with Crippen LogP contribution in [0.5, 0.6) is 0 Å². The van der Waals surface area contributed by atoms with Crippen LogP contribution in [0.25, 0.3) is 0 Å². The van der Waals surface area contributed by atoms with Gasteiger partial charge in [0.15, 0.2) is 0 Å². The molecule has 0 N–H and O–H groups in total. The normalized spacial score (nSPS) is 19.1. The highest BCUT2D eigenvalue weighted by Crippen LogP contribution is 2.40. The van der Waals surface area contributed by atoms with Crippen LogP contribution >= 0.6 is 11.6 Å². The molecule has 1 fully saturated rings. The molecule has 0 spiro atoms. The second kappa shape index (κ2) is 9.27. The van der Waals surface area contributed by atoms with E-state index in [4.69, 9.17) is 15.8 Å². The van der Waals surface area contributed by atoms with Crippen LogP contribution in [0.2, 0.25) is 5.02 Å². The van der Waals surface area contributed by atoms with Gasteiger partial charge < -0.3 is 4.90 Å². The first kappa shape index (κ1) is 23.7. The zero-order chi connectivity index (χ0) is 22.8. The molecule has 0 aliphatic carbocycles. The Morgan fingerprint density at radius 1 is 1.26 bits per heavy atom. The minimum absolute atomic E-state index is 0.0351. The first-order valence-electron chi connectivity index (χ1n) is 10.1. The van der Waals surface area contributed by atoms with E-state index in [0.29, 0.717) is 25.9 Å². The van der Waals surface area contributed by atoms with Crippen LogP contribution in [0.3, 0.4) is 0 Å². The molecule has 2 aromatic rings. The molecule has 1 amide bonds. The fraction of sp³-hybridized carbons (Fsp3) is 0.435. The van der Waals surface area contributed by atoms with Crippen LogP contribution in [0, 0.1) is 19.7 Å². The average molecular weight is 468 g/mol. The highest BCUT2D eigenvalue weighted by molar-refractivity contribution is 7.85. The van der Waals surface area contributed by atoms with Crippen LogP contribution in [-0.2, 0) is 30.9 Å². The summed E-state index contributed by atoms with van der Waals surface area (Å²) in [5, 5.41) is 0.231. The largest absolute Gasteiger partial charge is 0.341 e. The second-order valence-corrected chi connectivity index (χ2v) is 10.4. The molecule has 168 valence electrons. The number of hydrogen-bond acceptors (Lipinski definition) is 4. The Balaban J connectivity index is 1.85. The van der Waals surface area contributed by atoms with Crippen LogP contribution < -0.4 is 0 Å². The van der Waals surface area contributed by atoms with Crippen molar-refractivity contribution in [3.05, 3.63) is 69.5 Å². The molecular formula is C23H27ClFNO4S. The van der Waals surface area contributed by atoms with Gasteiger partial charge in [0, 0.05) is 29.1 Å². The van der Waals surface area contributed by atoms with Gasteiger partial charge in [-0.05, 0) is 49.9 Å². The number of hydrogen-bond donors (Lipinski definition) is 0. The smallest absolute Gasteiger partial charge is 0.264 e. The molecule has 0 saturated carbocycles. The van der Waals surface area contributed by atoms with E-state index < -0.39 is 21.4 Å². The summed E-state index contributed by atoms with van der Waals surface area (Å²) in [6.07, 6.45) is 2.03. The van der Waals surface area contributed by atoms with Crippen molar-refractivity contribution in [2.75, 3.05) is 26.0 Å². The van der Waals surface area contributed by atoms with Crippen LogP contribution in [0.1, 0.15) is 35.1 Å². The fourth-order valence-electron chi connectivity index (χ4n) is 4.30. The minimum Gasteiger partial charge on any atom is -0.341 e. The van der Waals surface area contributed by atoms with Gasteiger partial charge in [0.25, 0.3) is 10.1 Å². The standard InChI is InChI=1S/C23H27ClFNO4S/c1-16-7-8-17(2)19(13-16)23(10-12-30-31(3,28)29)9-11-26(15-23)22(27)14-18-20(24)5-4-6-21(18)25/h4-8,13H,9-12,14-15H2,1-3H3. The van der Waals surface area contributed by atoms with Crippen molar-refractivity contribution in [3.8, 4) is 0 Å². The summed E-state index contributed by atoms with van der Waals surface area (Å²) in [7, 11) is -3.56. The van der Waals surface area contributed by atoms with E-state index in [1.54, 1.807) is 11.0 Å². The number of rotatable bonds is 7. The SMILES string of the molecule is Cc1ccc(C)c(C2(CCOS(C)(=O)=O)CCN(C(=O)Cc3c(F)cccc3Cl)C2)c1. The van der Waals surface area contributed by atoms with Gasteiger partial charge in [-0.1, -0.05) is 41.4 Å². The van der Waals surface area contributed by atoms with E-state index in [1.807, 2.05) is 26.0 Å². The van der Waals surface area contributed by atoms with Gasteiger partial charge in [0.2, 0.25) is 5.91 Å². The Labute approximate surface area is 188 Å². The number of likely N-dealkylation sites (tertiary alicyclic amines) is 1. The molecule has 5 nitrogen and oxygen atoms in total. The second-order valence-electron chi connectivity index (χ2n) is 8.32. The molecule has 1 atom stereocenters. The molecule has 2 aromatic carbocycles. The Bertz CT molecular complexity index is 1070. The predicted molar refractivity (Wildman–Crippen MR) is 119 cm³/mol. The third kappa shape index (κ3) is 5.64. The molecule has 1 heterocycles. The van der Waals surface area contributed by atoms with Crippen molar-refractivity contribution in [1.82, 2.24) is 4.90 Å². The lowest BCUT2D eigenvalue weighted by Gasteiger charge is -2.32. The quantitative estimate of drug-likeness (QED) is 0.573. The van der Waals surface area contributed by atoms with Gasteiger partial charge in [0.1, 0.15) is 5.82 Å². The van der Waals surface area contributed by atoms with Gasteiger partial charge in [-0.25, -0.2) is 4.39 Å². The lowest BCUT2D eigenvalue weighted by Crippen LogP contribution is -2.37. The molecule has 1 aliphatic rings. The van der Waals surface area contributed by atoms with Gasteiger partial charge in [-0.3, -0.25) is 8.98 Å². The maximum atomic E-state index is 14.2. The first-order chi connectivity index (χ1) is 14.5. The van der Waals surface area contributed by atoms with Crippen LogP contribution in [-0.4, -0.2) is 45.2 Å². The highest BCUT2D eigenvalue weighted by Gasteiger charge is 2.42. The summed E-state index contributed by atoms with van der Waals surface area (Å²) >= 11 is 6.10. The van der Waals surface area contributed by atoms with E-state index in [9.17, 15) is 17.6 Å². The molecule has 3 rings (SSSR count). The topological polar surface area (TPSA) is 63.7 Å². The van der Waals surface area contributed by atoms with E-state index in [2.05, 4.69) is 6.07 Å². The van der Waals surface area contributed by atoms with Gasteiger partial charge >= 0.3 is 0 Å². The summed E-state index contributed by atoms with van der Waals surface area (Å²) in [5.41, 5.74) is 3.01. The van der Waals surface area contributed by atoms with Crippen molar-refractivity contribution in [3.63, 3.8) is 0 Å². The minimum atomic E-state index is -3.56. The number of amides is 1. The number of halogens is 2. The molecule has 0 bridgehead atoms. The monoisotopic (exact) mass is 467 g/mol. The van der Waals surface area contributed by atoms with Crippen molar-refractivity contribution in [2.24, 2.45) is 0 Å². The Morgan fingerprint density at radius 2 is 2.00 bits per heavy atom. The van der Waals surface area contributed by atoms with E-state index in [1.165, 1.54) is 12.1 Å². The Hall–Kier alpha value is -1.96. The van der Waals surface area contributed by atoms with E-state index in [-0.39, 0.29) is 29.5 Å². The van der Waals surface area contributed by atoms with Crippen LogP contribution in [0.15, 0.2) is 36.4 Å². The highest BCUT2D eigenvalue weighted by atomic mass is 35.5. The summed E-state index contributed by atoms with van der Waals surface area (Å²) in [4.78, 5) is 14.7. The Morgan fingerprint density at radius 3 is 2.68 bits per heavy atom. The van der Waals surface area contributed by atoms with Crippen molar-refractivity contribution in [1.29, 1.82) is 0 Å². The predicted octanol–water partition coefficient (Wildman–Crippen LogP) is 4.18. The molecule has 31 heavy (non-hydrogen) atoms. The number of benzene rings is 2. The van der Waals surface area contributed by atoms with Crippen LogP contribution in [0.4, 0.5) is 4.39 Å². The number of carbonyl (C=O) groups is 1. The zero-order valence-electron chi connectivity index (χ0n) is 18.0. The van der Waals surface area contributed by atoms with Gasteiger partial charge in [-0.15, -0.1) is 0 Å². The first-order valence-corrected chi connectivity index (χ1v) is 12.3. The Kier molecular flexibility index (Phi) is 7.08. The molecule has 8 heteroatoms. The fourth-order valence-corrected chi connectivity index (χ4v) is 4.92. The third-order valence-electron chi connectivity index (χ3n) is 5.94. The summed E-state index contributed by atoms with van der Waals surface area (Å²) in [6.45, 7) is 4.96. The molecule has 0 aromatic heterocycles. The molecule has 1 saturated heterocycles. The maximum absolute atomic E-state index is 14.2.